The summed E-state index contributed by atoms with van der Waals surface area (Å²) in [5.41, 5.74) is 0.233. The fourth-order valence-corrected chi connectivity index (χ4v) is 2.41. The number of carbonyl (C=O) groups excluding carboxylic acids is 1. The molecule has 0 aromatic carbocycles. The van der Waals surface area contributed by atoms with Crippen LogP contribution in [0.2, 0.25) is 0 Å². The smallest absolute Gasteiger partial charge is 0.341 e. The van der Waals surface area contributed by atoms with Crippen molar-refractivity contribution in [3.8, 4) is 5.82 Å². The van der Waals surface area contributed by atoms with Gasteiger partial charge < -0.3 is 4.74 Å². The van der Waals surface area contributed by atoms with E-state index in [1.165, 1.54) is 35.4 Å². The SMILES string of the molecule is CCOC(=O)c1cnn(-c2ncccc2S(C)(=O)=O)c1. The third-order valence-corrected chi connectivity index (χ3v) is 3.58. The fourth-order valence-electron chi connectivity index (χ4n) is 1.60. The highest BCUT2D eigenvalue weighted by molar-refractivity contribution is 7.90. The van der Waals surface area contributed by atoms with Gasteiger partial charge in [0.1, 0.15) is 4.90 Å². The number of esters is 1. The number of hydrogen-bond acceptors (Lipinski definition) is 6. The number of hydrogen-bond donors (Lipinski definition) is 0. The second kappa shape index (κ2) is 5.41. The van der Waals surface area contributed by atoms with Crippen LogP contribution in [0.3, 0.4) is 0 Å². The Labute approximate surface area is 116 Å². The molecule has 0 saturated heterocycles. The Hall–Kier alpha value is -2.22. The molecule has 20 heavy (non-hydrogen) atoms. The standard InChI is InChI=1S/C12H13N3O4S/c1-3-19-12(16)9-7-14-15(8-9)11-10(20(2,17)18)5-4-6-13-11/h4-8H,3H2,1-2H3. The van der Waals surface area contributed by atoms with Gasteiger partial charge in [-0.25, -0.2) is 22.9 Å². The van der Waals surface area contributed by atoms with Crippen LogP contribution in [0.1, 0.15) is 17.3 Å². The van der Waals surface area contributed by atoms with E-state index < -0.39 is 15.8 Å². The highest BCUT2D eigenvalue weighted by atomic mass is 32.2. The molecule has 2 aromatic heterocycles. The van der Waals surface area contributed by atoms with E-state index in [2.05, 4.69) is 10.1 Å². The van der Waals surface area contributed by atoms with E-state index in [0.717, 1.165) is 6.26 Å². The van der Waals surface area contributed by atoms with Crippen LogP contribution < -0.4 is 0 Å². The minimum Gasteiger partial charge on any atom is -0.462 e. The number of carbonyl (C=O) groups is 1. The second-order valence-corrected chi connectivity index (χ2v) is 5.98. The van der Waals surface area contributed by atoms with Gasteiger partial charge in [-0.2, -0.15) is 5.10 Å². The molecule has 0 spiro atoms. The van der Waals surface area contributed by atoms with Crippen LogP contribution in [0.25, 0.3) is 5.82 Å². The van der Waals surface area contributed by atoms with Gasteiger partial charge in [-0.1, -0.05) is 0 Å². The van der Waals surface area contributed by atoms with Crippen molar-refractivity contribution in [3.63, 3.8) is 0 Å². The topological polar surface area (TPSA) is 91.2 Å². The monoisotopic (exact) mass is 295 g/mol. The molecule has 0 N–H and O–H groups in total. The Morgan fingerprint density at radius 1 is 1.45 bits per heavy atom. The summed E-state index contributed by atoms with van der Waals surface area (Å²) in [6.45, 7) is 1.95. The van der Waals surface area contributed by atoms with E-state index in [-0.39, 0.29) is 22.9 Å². The summed E-state index contributed by atoms with van der Waals surface area (Å²) < 4.78 is 29.5. The third-order valence-electron chi connectivity index (χ3n) is 2.46. The molecule has 0 unspecified atom stereocenters. The van der Waals surface area contributed by atoms with Gasteiger partial charge in [-0.3, -0.25) is 0 Å². The van der Waals surface area contributed by atoms with Crippen molar-refractivity contribution in [2.24, 2.45) is 0 Å². The van der Waals surface area contributed by atoms with E-state index in [9.17, 15) is 13.2 Å². The molecule has 0 saturated carbocycles. The lowest BCUT2D eigenvalue weighted by Crippen LogP contribution is -2.08. The number of pyridine rings is 1. The lowest BCUT2D eigenvalue weighted by atomic mass is 10.4. The van der Waals surface area contributed by atoms with E-state index in [4.69, 9.17) is 4.74 Å². The first-order chi connectivity index (χ1) is 9.43. The molecule has 2 heterocycles. The molecular formula is C12H13N3O4S. The van der Waals surface area contributed by atoms with Crippen LogP contribution in [-0.4, -0.2) is 42.0 Å². The molecule has 0 aliphatic heterocycles. The zero-order chi connectivity index (χ0) is 14.8. The Morgan fingerprint density at radius 3 is 2.85 bits per heavy atom. The number of ether oxygens (including phenoxy) is 1. The van der Waals surface area contributed by atoms with Crippen LogP contribution in [0, 0.1) is 0 Å². The summed E-state index contributed by atoms with van der Waals surface area (Å²) in [6, 6.07) is 2.96. The predicted octanol–water partition coefficient (Wildman–Crippen LogP) is 0.848. The minimum atomic E-state index is -3.44. The van der Waals surface area contributed by atoms with Gasteiger partial charge in [-0.05, 0) is 19.1 Å². The number of rotatable bonds is 4. The first-order valence-electron chi connectivity index (χ1n) is 5.80. The summed E-state index contributed by atoms with van der Waals surface area (Å²) in [4.78, 5) is 15.6. The van der Waals surface area contributed by atoms with Crippen LogP contribution in [0.15, 0.2) is 35.6 Å². The number of aromatic nitrogens is 3. The van der Waals surface area contributed by atoms with Crippen LogP contribution in [-0.2, 0) is 14.6 Å². The molecule has 0 atom stereocenters. The molecule has 0 aliphatic carbocycles. The molecule has 106 valence electrons. The Balaban J connectivity index is 2.46. The van der Waals surface area contributed by atoms with Gasteiger partial charge in [0.25, 0.3) is 0 Å². The zero-order valence-corrected chi connectivity index (χ0v) is 11.8. The molecular weight excluding hydrogens is 282 g/mol. The summed E-state index contributed by atoms with van der Waals surface area (Å²) in [6.07, 6.45) is 5.23. The largest absolute Gasteiger partial charge is 0.462 e. The normalized spacial score (nSPS) is 11.3. The van der Waals surface area contributed by atoms with Crippen molar-refractivity contribution in [1.82, 2.24) is 14.8 Å². The molecule has 0 aliphatic rings. The van der Waals surface area contributed by atoms with Gasteiger partial charge in [0.15, 0.2) is 15.7 Å². The van der Waals surface area contributed by atoms with Crippen LogP contribution >= 0.6 is 0 Å². The van der Waals surface area contributed by atoms with Gasteiger partial charge in [0.05, 0.1) is 18.4 Å². The molecule has 0 bridgehead atoms. The van der Waals surface area contributed by atoms with E-state index in [1.807, 2.05) is 0 Å². The van der Waals surface area contributed by atoms with Crippen molar-refractivity contribution in [2.45, 2.75) is 11.8 Å². The first-order valence-corrected chi connectivity index (χ1v) is 7.70. The van der Waals surface area contributed by atoms with E-state index in [1.54, 1.807) is 6.92 Å². The molecule has 8 heteroatoms. The van der Waals surface area contributed by atoms with Crippen molar-refractivity contribution >= 4 is 15.8 Å². The zero-order valence-electron chi connectivity index (χ0n) is 11.0. The molecule has 0 amide bonds. The fraction of sp³-hybridized carbons (Fsp3) is 0.250. The van der Waals surface area contributed by atoms with Crippen molar-refractivity contribution in [1.29, 1.82) is 0 Å². The van der Waals surface area contributed by atoms with E-state index in [0.29, 0.717) is 0 Å². The number of sulfone groups is 1. The Bertz CT molecular complexity index is 737. The molecule has 0 radical (unpaired) electrons. The summed E-state index contributed by atoms with van der Waals surface area (Å²) in [5, 5.41) is 3.95. The van der Waals surface area contributed by atoms with Crippen molar-refractivity contribution in [2.75, 3.05) is 12.9 Å². The second-order valence-electron chi connectivity index (χ2n) is 3.99. The average Bonchev–Trinajstić information content (AvgIpc) is 2.87. The van der Waals surface area contributed by atoms with Gasteiger partial charge in [-0.15, -0.1) is 0 Å². The van der Waals surface area contributed by atoms with Crippen LogP contribution in [0.4, 0.5) is 0 Å². The van der Waals surface area contributed by atoms with E-state index >= 15 is 0 Å². The van der Waals surface area contributed by atoms with Crippen molar-refractivity contribution in [3.05, 3.63) is 36.3 Å². The average molecular weight is 295 g/mol. The lowest BCUT2D eigenvalue weighted by Gasteiger charge is -2.05. The predicted molar refractivity (Wildman–Crippen MR) is 70.4 cm³/mol. The minimum absolute atomic E-state index is 0.0403. The first kappa shape index (κ1) is 14.2. The molecule has 2 aromatic rings. The quantitative estimate of drug-likeness (QED) is 0.776. The van der Waals surface area contributed by atoms with Crippen molar-refractivity contribution < 1.29 is 17.9 Å². The maximum atomic E-state index is 11.7. The van der Waals surface area contributed by atoms with Gasteiger partial charge >= 0.3 is 5.97 Å². The summed E-state index contributed by atoms with van der Waals surface area (Å²) >= 11 is 0. The summed E-state index contributed by atoms with van der Waals surface area (Å²) in [7, 11) is -3.44. The maximum Gasteiger partial charge on any atom is 0.341 e. The highest BCUT2D eigenvalue weighted by Gasteiger charge is 2.17. The molecule has 7 nitrogen and oxygen atoms in total. The molecule has 2 rings (SSSR count). The third kappa shape index (κ3) is 2.85. The van der Waals surface area contributed by atoms with Crippen LogP contribution in [0.5, 0.6) is 0 Å². The Morgan fingerprint density at radius 2 is 2.20 bits per heavy atom. The highest BCUT2D eigenvalue weighted by Crippen LogP contribution is 2.17. The summed E-state index contributed by atoms with van der Waals surface area (Å²) in [5.74, 6) is -0.374. The van der Waals surface area contributed by atoms with Gasteiger partial charge in [0.2, 0.25) is 0 Å². The maximum absolute atomic E-state index is 11.7. The molecule has 0 fully saturated rings. The Kier molecular flexibility index (Phi) is 3.84. The number of nitrogens with zero attached hydrogens (tertiary/aromatic N) is 3. The van der Waals surface area contributed by atoms with Gasteiger partial charge in [0, 0.05) is 18.6 Å². The lowest BCUT2D eigenvalue weighted by molar-refractivity contribution is 0.0526.